The molecule has 0 amide bonds. The predicted octanol–water partition coefficient (Wildman–Crippen LogP) is 2.24. The summed E-state index contributed by atoms with van der Waals surface area (Å²) in [4.78, 5) is 3.85. The van der Waals surface area contributed by atoms with Crippen LogP contribution in [0.4, 0.5) is 0 Å². The van der Waals surface area contributed by atoms with Crippen molar-refractivity contribution in [3.05, 3.63) is 53.9 Å². The lowest BCUT2D eigenvalue weighted by Crippen LogP contribution is -1.92. The number of aromatic nitrogens is 1. The van der Waals surface area contributed by atoms with E-state index in [0.29, 0.717) is 22.8 Å². The Kier molecular flexibility index (Phi) is 3.34. The maximum absolute atomic E-state index is 9.15. The quantitative estimate of drug-likeness (QED) is 0.871. The van der Waals surface area contributed by atoms with Gasteiger partial charge in [0.1, 0.15) is 23.3 Å². The zero-order valence-corrected chi connectivity index (χ0v) is 9.00. The van der Waals surface area contributed by atoms with Gasteiger partial charge in [-0.3, -0.25) is 0 Å². The molecule has 17 heavy (non-hydrogen) atoms. The second kappa shape index (κ2) is 5.10. The molecule has 1 N–H and O–H groups in total. The number of ether oxygens (including phenoxy) is 1. The molecule has 1 aromatic carbocycles. The van der Waals surface area contributed by atoms with Gasteiger partial charge in [-0.15, -0.1) is 0 Å². The number of aliphatic hydroxyl groups is 1. The van der Waals surface area contributed by atoms with Crippen LogP contribution in [0.5, 0.6) is 11.5 Å². The summed E-state index contributed by atoms with van der Waals surface area (Å²) in [7, 11) is 0. The molecular weight excluding hydrogens is 216 g/mol. The molecule has 2 aromatic rings. The minimum Gasteiger partial charge on any atom is -0.457 e. The minimum atomic E-state index is -0.0909. The van der Waals surface area contributed by atoms with E-state index in [9.17, 15) is 0 Å². The van der Waals surface area contributed by atoms with Crippen LogP contribution >= 0.6 is 0 Å². The van der Waals surface area contributed by atoms with Crippen molar-refractivity contribution >= 4 is 0 Å². The lowest BCUT2D eigenvalue weighted by atomic mass is 10.2. The van der Waals surface area contributed by atoms with Gasteiger partial charge in [0.15, 0.2) is 0 Å². The first kappa shape index (κ1) is 11.1. The molecule has 0 aliphatic rings. The van der Waals surface area contributed by atoms with E-state index in [0.717, 1.165) is 0 Å². The van der Waals surface area contributed by atoms with Crippen molar-refractivity contribution in [3.63, 3.8) is 0 Å². The SMILES string of the molecule is N#Cc1cc(Oc2ccccc2CO)ccn1. The number of nitriles is 1. The van der Waals surface area contributed by atoms with E-state index in [-0.39, 0.29) is 6.61 Å². The number of para-hydroxylation sites is 1. The molecule has 0 bridgehead atoms. The number of rotatable bonds is 3. The van der Waals surface area contributed by atoms with Gasteiger partial charge >= 0.3 is 0 Å². The van der Waals surface area contributed by atoms with E-state index in [1.165, 1.54) is 6.20 Å². The summed E-state index contributed by atoms with van der Waals surface area (Å²) in [5.74, 6) is 1.10. The molecule has 0 unspecified atom stereocenters. The molecule has 0 atom stereocenters. The average Bonchev–Trinajstić information content (AvgIpc) is 2.39. The highest BCUT2D eigenvalue weighted by Crippen LogP contribution is 2.25. The van der Waals surface area contributed by atoms with Gasteiger partial charge in [-0.1, -0.05) is 18.2 Å². The molecule has 1 aromatic heterocycles. The molecular formula is C13H10N2O2. The van der Waals surface area contributed by atoms with Crippen molar-refractivity contribution in [2.45, 2.75) is 6.61 Å². The smallest absolute Gasteiger partial charge is 0.144 e. The summed E-state index contributed by atoms with van der Waals surface area (Å²) < 4.78 is 5.59. The zero-order valence-electron chi connectivity index (χ0n) is 9.00. The fourth-order valence-corrected chi connectivity index (χ4v) is 1.40. The average molecular weight is 226 g/mol. The van der Waals surface area contributed by atoms with E-state index < -0.39 is 0 Å². The zero-order chi connectivity index (χ0) is 12.1. The molecule has 2 rings (SSSR count). The molecule has 84 valence electrons. The van der Waals surface area contributed by atoms with Gasteiger partial charge in [-0.05, 0) is 12.1 Å². The number of hydrogen-bond donors (Lipinski definition) is 1. The van der Waals surface area contributed by atoms with Gasteiger partial charge in [0, 0.05) is 17.8 Å². The molecule has 0 saturated carbocycles. The Labute approximate surface area is 98.7 Å². The largest absolute Gasteiger partial charge is 0.457 e. The number of nitrogens with zero attached hydrogens (tertiary/aromatic N) is 2. The van der Waals surface area contributed by atoms with Gasteiger partial charge < -0.3 is 9.84 Å². The second-order valence-corrected chi connectivity index (χ2v) is 3.36. The van der Waals surface area contributed by atoms with Crippen molar-refractivity contribution in [1.29, 1.82) is 5.26 Å². The number of pyridine rings is 1. The van der Waals surface area contributed by atoms with Crippen LogP contribution in [-0.2, 0) is 6.61 Å². The Hall–Kier alpha value is -2.38. The third-order valence-corrected chi connectivity index (χ3v) is 2.22. The van der Waals surface area contributed by atoms with E-state index in [2.05, 4.69) is 4.98 Å². The Bertz CT molecular complexity index is 561. The summed E-state index contributed by atoms with van der Waals surface area (Å²) in [6, 6.07) is 12.3. The van der Waals surface area contributed by atoms with Crippen molar-refractivity contribution in [2.75, 3.05) is 0 Å². The summed E-state index contributed by atoms with van der Waals surface area (Å²) in [6.07, 6.45) is 1.51. The molecule has 0 saturated heterocycles. The second-order valence-electron chi connectivity index (χ2n) is 3.36. The highest BCUT2D eigenvalue weighted by Gasteiger charge is 2.04. The lowest BCUT2D eigenvalue weighted by molar-refractivity contribution is 0.276. The van der Waals surface area contributed by atoms with Crippen LogP contribution in [0.2, 0.25) is 0 Å². The van der Waals surface area contributed by atoms with Crippen LogP contribution in [0.1, 0.15) is 11.3 Å². The van der Waals surface area contributed by atoms with E-state index in [1.807, 2.05) is 18.2 Å². The lowest BCUT2D eigenvalue weighted by Gasteiger charge is -2.09. The van der Waals surface area contributed by atoms with Crippen LogP contribution in [-0.4, -0.2) is 10.1 Å². The highest BCUT2D eigenvalue weighted by molar-refractivity contribution is 5.38. The van der Waals surface area contributed by atoms with Crippen molar-refractivity contribution in [2.24, 2.45) is 0 Å². The first-order chi connectivity index (χ1) is 8.33. The van der Waals surface area contributed by atoms with Gasteiger partial charge in [-0.2, -0.15) is 5.26 Å². The van der Waals surface area contributed by atoms with Gasteiger partial charge in [-0.25, -0.2) is 4.98 Å². The maximum atomic E-state index is 9.15. The van der Waals surface area contributed by atoms with Crippen molar-refractivity contribution in [3.8, 4) is 17.6 Å². The summed E-state index contributed by atoms with van der Waals surface area (Å²) in [6.45, 7) is -0.0909. The molecule has 0 fully saturated rings. The van der Waals surface area contributed by atoms with E-state index >= 15 is 0 Å². The minimum absolute atomic E-state index is 0.0909. The third kappa shape index (κ3) is 2.60. The molecule has 0 aliphatic heterocycles. The Morgan fingerprint density at radius 2 is 2.12 bits per heavy atom. The monoisotopic (exact) mass is 226 g/mol. The normalized spacial score (nSPS) is 9.65. The molecule has 0 spiro atoms. The Morgan fingerprint density at radius 3 is 2.88 bits per heavy atom. The highest BCUT2D eigenvalue weighted by atomic mass is 16.5. The van der Waals surface area contributed by atoms with Crippen LogP contribution < -0.4 is 4.74 Å². The summed E-state index contributed by atoms with van der Waals surface area (Å²) >= 11 is 0. The predicted molar refractivity (Wildman–Crippen MR) is 61.4 cm³/mol. The van der Waals surface area contributed by atoms with E-state index in [4.69, 9.17) is 15.1 Å². The summed E-state index contributed by atoms with van der Waals surface area (Å²) in [5, 5.41) is 17.9. The first-order valence-corrected chi connectivity index (χ1v) is 5.06. The fourth-order valence-electron chi connectivity index (χ4n) is 1.40. The molecule has 0 radical (unpaired) electrons. The Morgan fingerprint density at radius 1 is 1.29 bits per heavy atom. The first-order valence-electron chi connectivity index (χ1n) is 5.06. The van der Waals surface area contributed by atoms with Gasteiger partial charge in [0.2, 0.25) is 0 Å². The number of hydrogen-bond acceptors (Lipinski definition) is 4. The van der Waals surface area contributed by atoms with Crippen LogP contribution in [0.3, 0.4) is 0 Å². The molecule has 4 heteroatoms. The summed E-state index contributed by atoms with van der Waals surface area (Å²) in [5.41, 5.74) is 0.992. The van der Waals surface area contributed by atoms with Crippen molar-refractivity contribution in [1.82, 2.24) is 4.98 Å². The third-order valence-electron chi connectivity index (χ3n) is 2.22. The molecule has 0 aliphatic carbocycles. The topological polar surface area (TPSA) is 66.1 Å². The molecule has 4 nitrogen and oxygen atoms in total. The van der Waals surface area contributed by atoms with Gasteiger partial charge in [0.05, 0.1) is 6.61 Å². The molecule has 1 heterocycles. The van der Waals surface area contributed by atoms with Crippen LogP contribution in [0, 0.1) is 11.3 Å². The van der Waals surface area contributed by atoms with Crippen LogP contribution in [0.15, 0.2) is 42.6 Å². The standard InChI is InChI=1S/C13H10N2O2/c14-8-11-7-12(5-6-15-11)17-13-4-2-1-3-10(13)9-16/h1-7,16H,9H2. The number of benzene rings is 1. The van der Waals surface area contributed by atoms with Crippen molar-refractivity contribution < 1.29 is 9.84 Å². The number of aliphatic hydroxyl groups excluding tert-OH is 1. The van der Waals surface area contributed by atoms with Crippen LogP contribution in [0.25, 0.3) is 0 Å². The van der Waals surface area contributed by atoms with Gasteiger partial charge in [0.25, 0.3) is 0 Å². The maximum Gasteiger partial charge on any atom is 0.144 e. The Balaban J connectivity index is 2.28. The fraction of sp³-hybridized carbons (Fsp3) is 0.0769. The van der Waals surface area contributed by atoms with E-state index in [1.54, 1.807) is 24.3 Å².